The number of aryl methyl sites for hydroxylation is 3. The molecule has 3 aromatic heterocycles. The molecule has 0 saturated carbocycles. The Hall–Kier alpha value is -3.42. The zero-order valence-electron chi connectivity index (χ0n) is 17.4. The third kappa shape index (κ3) is 2.74. The summed E-state index contributed by atoms with van der Waals surface area (Å²) < 4.78 is 30.9. The van der Waals surface area contributed by atoms with Crippen LogP contribution in [-0.4, -0.2) is 37.4 Å². The van der Waals surface area contributed by atoms with Gasteiger partial charge in [-0.1, -0.05) is 6.92 Å². The van der Waals surface area contributed by atoms with Crippen molar-refractivity contribution in [2.24, 2.45) is 7.05 Å². The van der Waals surface area contributed by atoms with E-state index >= 15 is 0 Å². The summed E-state index contributed by atoms with van der Waals surface area (Å²) in [7, 11) is 1.98. The Morgan fingerprint density at radius 1 is 1.16 bits per heavy atom. The van der Waals surface area contributed by atoms with Crippen LogP contribution in [0.3, 0.4) is 0 Å². The Morgan fingerprint density at radius 2 is 2.00 bits per heavy atom. The fraction of sp³-hybridized carbons (Fsp3) is 0.348. The van der Waals surface area contributed by atoms with Crippen molar-refractivity contribution in [3.05, 3.63) is 59.1 Å². The zero-order valence-corrected chi connectivity index (χ0v) is 17.4. The first-order chi connectivity index (χ1) is 15.1. The van der Waals surface area contributed by atoms with Crippen LogP contribution in [0, 0.1) is 5.82 Å². The lowest BCUT2D eigenvalue weighted by molar-refractivity contribution is 0.246. The number of hydrogen-bond donors (Lipinski definition) is 0. The average Bonchev–Trinajstić information content (AvgIpc) is 3.50. The summed E-state index contributed by atoms with van der Waals surface area (Å²) in [5.74, 6) is 2.17. The number of aromatic nitrogens is 5. The SMILES string of the molecule is CCc1cn(C)c(-c2cc3c(n4cnnc24)CCc2c(F)ccc4c2[C@H](CO4)CO3)n1. The highest BCUT2D eigenvalue weighted by atomic mass is 19.1. The molecule has 0 amide bonds. The molecule has 2 aliphatic heterocycles. The Labute approximate surface area is 178 Å². The number of rotatable bonds is 2. The molecule has 0 bridgehead atoms. The van der Waals surface area contributed by atoms with Gasteiger partial charge < -0.3 is 14.0 Å². The maximum atomic E-state index is 14.8. The smallest absolute Gasteiger partial charge is 0.172 e. The molecule has 6 rings (SSSR count). The largest absolute Gasteiger partial charge is 0.493 e. The van der Waals surface area contributed by atoms with Crippen LogP contribution in [0.5, 0.6) is 11.5 Å². The molecule has 0 saturated heterocycles. The second kappa shape index (κ2) is 6.80. The second-order valence-electron chi connectivity index (χ2n) is 8.17. The van der Waals surface area contributed by atoms with Crippen molar-refractivity contribution in [3.63, 3.8) is 0 Å². The second-order valence-corrected chi connectivity index (χ2v) is 8.17. The van der Waals surface area contributed by atoms with Gasteiger partial charge in [-0.25, -0.2) is 9.37 Å². The van der Waals surface area contributed by atoms with E-state index in [0.717, 1.165) is 57.5 Å². The molecule has 4 aromatic rings. The molecule has 1 atom stereocenters. The van der Waals surface area contributed by atoms with Crippen molar-refractivity contribution in [2.45, 2.75) is 32.1 Å². The lowest BCUT2D eigenvalue weighted by Gasteiger charge is -2.16. The number of imidazole rings is 1. The number of ether oxygens (including phenoxy) is 2. The van der Waals surface area contributed by atoms with Crippen LogP contribution in [0.2, 0.25) is 0 Å². The summed E-state index contributed by atoms with van der Waals surface area (Å²) in [5, 5.41) is 8.53. The first-order valence-electron chi connectivity index (χ1n) is 10.6. The lowest BCUT2D eigenvalue weighted by Crippen LogP contribution is -2.13. The molecular weight excluding hydrogens is 397 g/mol. The number of fused-ring (bicyclic) bond motifs is 3. The van der Waals surface area contributed by atoms with Gasteiger partial charge >= 0.3 is 0 Å². The monoisotopic (exact) mass is 419 g/mol. The van der Waals surface area contributed by atoms with E-state index in [-0.39, 0.29) is 11.7 Å². The highest BCUT2D eigenvalue weighted by Crippen LogP contribution is 2.41. The predicted molar refractivity (Wildman–Crippen MR) is 112 cm³/mol. The van der Waals surface area contributed by atoms with Crippen molar-refractivity contribution >= 4 is 5.65 Å². The molecule has 1 aromatic carbocycles. The minimum Gasteiger partial charge on any atom is -0.493 e. The quantitative estimate of drug-likeness (QED) is 0.498. The number of pyridine rings is 1. The van der Waals surface area contributed by atoms with E-state index in [9.17, 15) is 4.39 Å². The summed E-state index contributed by atoms with van der Waals surface area (Å²) in [5.41, 5.74) is 5.21. The van der Waals surface area contributed by atoms with E-state index in [2.05, 4.69) is 17.1 Å². The first-order valence-corrected chi connectivity index (χ1v) is 10.6. The standard InChI is InChI=1S/C23H22FN5O2/c1-3-14-9-28(2)22(26-14)16-8-20-18(29-12-25-27-23(16)29)6-4-15-17(24)5-7-19-21(15)13(10-30-19)11-31-20/h5,7-9,12-13H,3-4,6,10-11H2,1-2H3/t13-/m1/s1. The first kappa shape index (κ1) is 18.4. The Kier molecular flexibility index (Phi) is 4.03. The van der Waals surface area contributed by atoms with Crippen LogP contribution in [-0.2, 0) is 26.3 Å². The van der Waals surface area contributed by atoms with E-state index in [0.29, 0.717) is 26.1 Å². The van der Waals surface area contributed by atoms with Crippen molar-refractivity contribution in [3.8, 4) is 22.9 Å². The van der Waals surface area contributed by atoms with Gasteiger partial charge in [-0.2, -0.15) is 0 Å². The number of benzene rings is 1. The van der Waals surface area contributed by atoms with Crippen molar-refractivity contribution < 1.29 is 13.9 Å². The molecule has 0 spiro atoms. The van der Waals surface area contributed by atoms with Gasteiger partial charge in [0, 0.05) is 18.8 Å². The fourth-order valence-corrected chi connectivity index (χ4v) is 4.78. The van der Waals surface area contributed by atoms with Crippen molar-refractivity contribution in [2.75, 3.05) is 13.2 Å². The summed E-state index contributed by atoms with van der Waals surface area (Å²) in [6.07, 6.45) is 5.74. The van der Waals surface area contributed by atoms with E-state index in [1.165, 1.54) is 6.07 Å². The van der Waals surface area contributed by atoms with Gasteiger partial charge in [0.2, 0.25) is 0 Å². The molecule has 31 heavy (non-hydrogen) atoms. The topological polar surface area (TPSA) is 66.5 Å². The molecule has 0 unspecified atom stereocenters. The molecule has 0 fully saturated rings. The fourth-order valence-electron chi connectivity index (χ4n) is 4.78. The van der Waals surface area contributed by atoms with Gasteiger partial charge in [0.1, 0.15) is 29.5 Å². The number of halogens is 1. The third-order valence-electron chi connectivity index (χ3n) is 6.33. The highest BCUT2D eigenvalue weighted by molar-refractivity contribution is 5.75. The number of nitrogens with zero attached hydrogens (tertiary/aromatic N) is 5. The summed E-state index contributed by atoms with van der Waals surface area (Å²) in [6.45, 7) is 3.01. The van der Waals surface area contributed by atoms with Crippen LogP contribution in [0.25, 0.3) is 17.0 Å². The molecular formula is C23H22FN5O2. The average molecular weight is 419 g/mol. The van der Waals surface area contributed by atoms with Crippen LogP contribution < -0.4 is 9.47 Å². The maximum Gasteiger partial charge on any atom is 0.172 e. The third-order valence-corrected chi connectivity index (χ3v) is 6.33. The lowest BCUT2D eigenvalue weighted by atomic mass is 9.93. The molecule has 0 aliphatic carbocycles. The molecule has 0 N–H and O–H groups in total. The van der Waals surface area contributed by atoms with Crippen LogP contribution >= 0.6 is 0 Å². The number of hydrogen-bond acceptors (Lipinski definition) is 5. The Balaban J connectivity index is 1.52. The van der Waals surface area contributed by atoms with Gasteiger partial charge in [0.25, 0.3) is 0 Å². The van der Waals surface area contributed by atoms with E-state index in [1.54, 1.807) is 12.4 Å². The van der Waals surface area contributed by atoms with Gasteiger partial charge in [-0.3, -0.25) is 4.40 Å². The van der Waals surface area contributed by atoms with Gasteiger partial charge in [-0.15, -0.1) is 10.2 Å². The molecule has 5 heterocycles. The molecule has 8 heteroatoms. The summed E-state index contributed by atoms with van der Waals surface area (Å²) in [6, 6.07) is 5.23. The van der Waals surface area contributed by atoms with Crippen LogP contribution in [0.15, 0.2) is 30.7 Å². The van der Waals surface area contributed by atoms with Crippen molar-refractivity contribution in [1.82, 2.24) is 24.1 Å². The molecule has 7 nitrogen and oxygen atoms in total. The molecule has 158 valence electrons. The van der Waals surface area contributed by atoms with Crippen molar-refractivity contribution in [1.29, 1.82) is 0 Å². The van der Waals surface area contributed by atoms with E-state index in [4.69, 9.17) is 14.5 Å². The summed E-state index contributed by atoms with van der Waals surface area (Å²) >= 11 is 0. The highest BCUT2D eigenvalue weighted by Gasteiger charge is 2.32. The molecule has 0 radical (unpaired) electrons. The predicted octanol–water partition coefficient (Wildman–Crippen LogP) is 3.48. The normalized spacial score (nSPS) is 17.3. The van der Waals surface area contributed by atoms with Crippen LogP contribution in [0.4, 0.5) is 4.39 Å². The van der Waals surface area contributed by atoms with E-state index < -0.39 is 0 Å². The van der Waals surface area contributed by atoms with E-state index in [1.807, 2.05) is 28.3 Å². The minimum absolute atomic E-state index is 0.00608. The minimum atomic E-state index is -0.186. The van der Waals surface area contributed by atoms with Gasteiger partial charge in [0.15, 0.2) is 5.65 Å². The Morgan fingerprint density at radius 3 is 2.81 bits per heavy atom. The van der Waals surface area contributed by atoms with Gasteiger partial charge in [-0.05, 0) is 43.0 Å². The zero-order chi connectivity index (χ0) is 21.1. The van der Waals surface area contributed by atoms with Gasteiger partial charge in [0.05, 0.1) is 36.1 Å². The summed E-state index contributed by atoms with van der Waals surface area (Å²) in [4.78, 5) is 4.78. The molecule has 2 aliphatic rings. The van der Waals surface area contributed by atoms with Crippen LogP contribution in [0.1, 0.15) is 35.4 Å². The Bertz CT molecular complexity index is 1330. The maximum absolute atomic E-state index is 14.8.